The summed E-state index contributed by atoms with van der Waals surface area (Å²) in [6, 6.07) is 0. The number of alkyl halides is 1. The van der Waals surface area contributed by atoms with E-state index in [1.165, 1.54) is 0 Å². The third-order valence-electron chi connectivity index (χ3n) is 0.887. The van der Waals surface area contributed by atoms with Gasteiger partial charge in [-0.15, -0.1) is 11.6 Å². The Labute approximate surface area is 67.1 Å². The van der Waals surface area contributed by atoms with E-state index in [0.29, 0.717) is 6.61 Å². The summed E-state index contributed by atoms with van der Waals surface area (Å²) in [5.74, 6) is 0.232. The Morgan fingerprint density at radius 1 is 1.50 bits per heavy atom. The zero-order valence-corrected chi connectivity index (χ0v) is 7.48. The van der Waals surface area contributed by atoms with E-state index in [1.54, 1.807) is 0 Å². The molecule has 0 aliphatic carbocycles. The maximum absolute atomic E-state index is 8.96. The van der Waals surface area contributed by atoms with Gasteiger partial charge >= 0.3 is 0 Å². The molecule has 0 aliphatic rings. The average Bonchev–Trinajstić information content (AvgIpc) is 1.81. The molecule has 1 atom stereocenters. The minimum absolute atomic E-state index is 0.187. The maximum atomic E-state index is 8.96. The molecule has 3 heteroatoms. The predicted molar refractivity (Wildman–Crippen MR) is 42.4 cm³/mol. The third kappa shape index (κ3) is 6.33. The second-order valence-electron chi connectivity index (χ2n) is 3.23. The summed E-state index contributed by atoms with van der Waals surface area (Å²) in [5.41, 5.74) is -0.187. The fourth-order valence-electron chi connectivity index (χ4n) is 0.391. The molecule has 0 saturated heterocycles. The molecule has 0 aliphatic heterocycles. The summed E-state index contributed by atoms with van der Waals surface area (Å²) in [4.78, 5) is 0. The van der Waals surface area contributed by atoms with Gasteiger partial charge in [0.05, 0.1) is 24.2 Å². The van der Waals surface area contributed by atoms with E-state index in [-0.39, 0.29) is 11.5 Å². The van der Waals surface area contributed by atoms with Crippen LogP contribution in [0.2, 0.25) is 0 Å². The summed E-state index contributed by atoms with van der Waals surface area (Å²) in [5, 5.41) is 8.96. The van der Waals surface area contributed by atoms with E-state index >= 15 is 0 Å². The summed E-state index contributed by atoms with van der Waals surface area (Å²) in [7, 11) is 0. The Balaban J connectivity index is 3.36. The zero-order valence-electron chi connectivity index (χ0n) is 6.72. The van der Waals surface area contributed by atoms with Gasteiger partial charge in [-0.05, 0) is 20.8 Å². The van der Waals surface area contributed by atoms with E-state index in [4.69, 9.17) is 21.4 Å². The first-order valence-electron chi connectivity index (χ1n) is 3.33. The van der Waals surface area contributed by atoms with Crippen molar-refractivity contribution in [2.75, 3.05) is 12.5 Å². The highest BCUT2D eigenvalue weighted by Crippen LogP contribution is 2.07. The zero-order chi connectivity index (χ0) is 8.20. The SMILES string of the molecule is CC(C)(C)OC[C@H](O)CCl. The summed E-state index contributed by atoms with van der Waals surface area (Å²) < 4.78 is 5.25. The largest absolute Gasteiger partial charge is 0.389 e. The molecule has 0 aromatic heterocycles. The van der Waals surface area contributed by atoms with Crippen molar-refractivity contribution >= 4 is 11.6 Å². The molecule has 0 unspecified atom stereocenters. The number of aliphatic hydroxyl groups excluding tert-OH is 1. The van der Waals surface area contributed by atoms with E-state index in [2.05, 4.69) is 0 Å². The van der Waals surface area contributed by atoms with E-state index in [9.17, 15) is 0 Å². The topological polar surface area (TPSA) is 29.5 Å². The van der Waals surface area contributed by atoms with Crippen molar-refractivity contribution in [2.24, 2.45) is 0 Å². The van der Waals surface area contributed by atoms with Crippen LogP contribution in [-0.2, 0) is 4.74 Å². The normalized spacial score (nSPS) is 15.3. The molecule has 1 N–H and O–H groups in total. The van der Waals surface area contributed by atoms with Crippen LogP contribution in [0, 0.1) is 0 Å². The summed E-state index contributed by atoms with van der Waals surface area (Å²) >= 11 is 5.35. The molecule has 0 fully saturated rings. The number of halogens is 1. The van der Waals surface area contributed by atoms with Crippen LogP contribution in [0.3, 0.4) is 0 Å². The monoisotopic (exact) mass is 166 g/mol. The van der Waals surface area contributed by atoms with Gasteiger partial charge in [0.1, 0.15) is 0 Å². The Hall–Kier alpha value is 0.210. The highest BCUT2D eigenvalue weighted by Gasteiger charge is 2.12. The molecule has 0 aromatic carbocycles. The van der Waals surface area contributed by atoms with E-state index in [0.717, 1.165) is 0 Å². The van der Waals surface area contributed by atoms with Crippen LogP contribution in [0.15, 0.2) is 0 Å². The Morgan fingerprint density at radius 2 is 2.00 bits per heavy atom. The van der Waals surface area contributed by atoms with Crippen LogP contribution in [0.4, 0.5) is 0 Å². The third-order valence-corrected chi connectivity index (χ3v) is 1.24. The fraction of sp³-hybridized carbons (Fsp3) is 1.00. The van der Waals surface area contributed by atoms with Crippen molar-refractivity contribution in [1.29, 1.82) is 0 Å². The second-order valence-corrected chi connectivity index (χ2v) is 3.54. The lowest BCUT2D eigenvalue weighted by molar-refractivity contribution is -0.0427. The first kappa shape index (κ1) is 10.2. The molecule has 0 heterocycles. The van der Waals surface area contributed by atoms with Crippen molar-refractivity contribution in [1.82, 2.24) is 0 Å². The molecule has 0 amide bonds. The van der Waals surface area contributed by atoms with Crippen LogP contribution < -0.4 is 0 Å². The van der Waals surface area contributed by atoms with Crippen LogP contribution >= 0.6 is 11.6 Å². The van der Waals surface area contributed by atoms with Gasteiger partial charge in [0.2, 0.25) is 0 Å². The highest BCUT2D eigenvalue weighted by molar-refractivity contribution is 6.18. The van der Waals surface area contributed by atoms with Crippen molar-refractivity contribution in [3.63, 3.8) is 0 Å². The van der Waals surface area contributed by atoms with Gasteiger partial charge in [-0.3, -0.25) is 0 Å². The van der Waals surface area contributed by atoms with Crippen LogP contribution in [-0.4, -0.2) is 29.3 Å². The van der Waals surface area contributed by atoms with Crippen LogP contribution in [0.5, 0.6) is 0 Å². The number of hydrogen-bond acceptors (Lipinski definition) is 2. The average molecular weight is 167 g/mol. The maximum Gasteiger partial charge on any atom is 0.0908 e. The van der Waals surface area contributed by atoms with Crippen molar-refractivity contribution in [2.45, 2.75) is 32.5 Å². The minimum Gasteiger partial charge on any atom is -0.389 e. The standard InChI is InChI=1S/C7H15ClO2/c1-7(2,3)10-5-6(9)4-8/h6,9H,4-5H2,1-3H3/t6-/m1/s1. The van der Waals surface area contributed by atoms with Gasteiger partial charge in [0, 0.05) is 0 Å². The molecule has 0 rings (SSSR count). The lowest BCUT2D eigenvalue weighted by Gasteiger charge is -2.20. The van der Waals surface area contributed by atoms with Gasteiger partial charge in [-0.1, -0.05) is 0 Å². The fourth-order valence-corrected chi connectivity index (χ4v) is 0.480. The molecule has 0 spiro atoms. The first-order chi connectivity index (χ1) is 4.45. The molecule has 0 radical (unpaired) electrons. The number of aliphatic hydroxyl groups is 1. The van der Waals surface area contributed by atoms with E-state index < -0.39 is 6.10 Å². The summed E-state index contributed by atoms with van der Waals surface area (Å²) in [6.07, 6.45) is -0.541. The molecule has 0 aromatic rings. The van der Waals surface area contributed by atoms with E-state index in [1.807, 2.05) is 20.8 Å². The lowest BCUT2D eigenvalue weighted by atomic mass is 10.2. The van der Waals surface area contributed by atoms with Crippen molar-refractivity contribution in [3.8, 4) is 0 Å². The summed E-state index contributed by atoms with van der Waals surface area (Å²) in [6.45, 7) is 6.13. The molecule has 10 heavy (non-hydrogen) atoms. The lowest BCUT2D eigenvalue weighted by Crippen LogP contribution is -2.26. The number of rotatable bonds is 3. The Bertz CT molecular complexity index is 88.1. The number of hydrogen-bond donors (Lipinski definition) is 1. The molecular weight excluding hydrogens is 152 g/mol. The van der Waals surface area contributed by atoms with Gasteiger partial charge in [0.25, 0.3) is 0 Å². The molecule has 62 valence electrons. The van der Waals surface area contributed by atoms with Gasteiger partial charge < -0.3 is 9.84 Å². The highest BCUT2D eigenvalue weighted by atomic mass is 35.5. The predicted octanol–water partition coefficient (Wildman–Crippen LogP) is 1.40. The van der Waals surface area contributed by atoms with Crippen LogP contribution in [0.1, 0.15) is 20.8 Å². The Morgan fingerprint density at radius 3 is 2.30 bits per heavy atom. The molecule has 0 bridgehead atoms. The quantitative estimate of drug-likeness (QED) is 0.643. The molecule has 0 saturated carbocycles. The minimum atomic E-state index is -0.541. The Kier molecular flexibility index (Phi) is 4.25. The second kappa shape index (κ2) is 4.16. The number of ether oxygens (including phenoxy) is 1. The molecule has 2 nitrogen and oxygen atoms in total. The van der Waals surface area contributed by atoms with Gasteiger partial charge in [-0.25, -0.2) is 0 Å². The van der Waals surface area contributed by atoms with Crippen LogP contribution in [0.25, 0.3) is 0 Å². The molecular formula is C7H15ClO2. The van der Waals surface area contributed by atoms with Gasteiger partial charge in [-0.2, -0.15) is 0 Å². The van der Waals surface area contributed by atoms with Crippen molar-refractivity contribution in [3.05, 3.63) is 0 Å². The van der Waals surface area contributed by atoms with Crippen molar-refractivity contribution < 1.29 is 9.84 Å². The first-order valence-corrected chi connectivity index (χ1v) is 3.87. The smallest absolute Gasteiger partial charge is 0.0908 e. The van der Waals surface area contributed by atoms with Gasteiger partial charge in [0.15, 0.2) is 0 Å².